The van der Waals surface area contributed by atoms with E-state index in [1.54, 1.807) is 0 Å². The molecule has 0 aliphatic heterocycles. The van der Waals surface area contributed by atoms with Crippen LogP contribution in [0.2, 0.25) is 0 Å². The highest BCUT2D eigenvalue weighted by Gasteiger charge is 2.23. The third-order valence-corrected chi connectivity index (χ3v) is 4.26. The number of anilines is 1. The Balaban J connectivity index is 1.65. The van der Waals surface area contributed by atoms with E-state index < -0.39 is 0 Å². The first-order valence-electron chi connectivity index (χ1n) is 7.94. The molecule has 3 heteroatoms. The molecule has 0 aromatic heterocycles. The molecule has 22 heavy (non-hydrogen) atoms. The molecule has 3 nitrogen and oxygen atoms in total. The first kappa shape index (κ1) is 14.8. The van der Waals surface area contributed by atoms with E-state index in [1.165, 1.54) is 17.5 Å². The molecule has 1 amide bonds. The summed E-state index contributed by atoms with van der Waals surface area (Å²) in [6.07, 6.45) is 3.39. The van der Waals surface area contributed by atoms with E-state index in [0.29, 0.717) is 0 Å². The van der Waals surface area contributed by atoms with Gasteiger partial charge in [0.2, 0.25) is 5.91 Å². The normalized spacial score (nSPS) is 18.3. The first-order chi connectivity index (χ1) is 10.7. The highest BCUT2D eigenvalue weighted by atomic mass is 16.2. The number of nitrogens with one attached hydrogen (secondary N) is 2. The smallest absolute Gasteiger partial charge is 0.241 e. The Labute approximate surface area is 131 Å². The number of aryl methyl sites for hydroxylation is 1. The zero-order valence-corrected chi connectivity index (χ0v) is 12.9. The lowest BCUT2D eigenvalue weighted by molar-refractivity contribution is -0.118. The van der Waals surface area contributed by atoms with Crippen molar-refractivity contribution >= 4 is 11.6 Å². The summed E-state index contributed by atoms with van der Waals surface area (Å²) < 4.78 is 0. The van der Waals surface area contributed by atoms with Crippen LogP contribution in [0.15, 0.2) is 54.6 Å². The lowest BCUT2D eigenvalue weighted by Gasteiger charge is -2.28. The van der Waals surface area contributed by atoms with Crippen LogP contribution in [-0.4, -0.2) is 11.9 Å². The molecule has 0 saturated carbocycles. The summed E-state index contributed by atoms with van der Waals surface area (Å²) in [6.45, 7) is 1.93. The second-order valence-corrected chi connectivity index (χ2v) is 5.89. The van der Waals surface area contributed by atoms with Crippen LogP contribution in [-0.2, 0) is 11.2 Å². The molecule has 1 aliphatic rings. The van der Waals surface area contributed by atoms with Crippen molar-refractivity contribution in [2.75, 3.05) is 5.32 Å². The maximum atomic E-state index is 12.3. The number of carbonyl (C=O) groups is 1. The SMILES string of the molecule is C[C@@H](N[C@H]1CCCc2ccccc21)C(=O)Nc1ccccc1. The van der Waals surface area contributed by atoms with Gasteiger partial charge in [-0.25, -0.2) is 0 Å². The third-order valence-electron chi connectivity index (χ3n) is 4.26. The predicted octanol–water partition coefficient (Wildman–Crippen LogP) is 3.68. The minimum absolute atomic E-state index is 0.00857. The van der Waals surface area contributed by atoms with E-state index >= 15 is 0 Å². The highest BCUT2D eigenvalue weighted by molar-refractivity contribution is 5.94. The summed E-state index contributed by atoms with van der Waals surface area (Å²) in [6, 6.07) is 18.2. The van der Waals surface area contributed by atoms with Gasteiger partial charge in [-0.3, -0.25) is 10.1 Å². The van der Waals surface area contributed by atoms with E-state index in [-0.39, 0.29) is 18.0 Å². The van der Waals surface area contributed by atoms with E-state index in [0.717, 1.165) is 18.5 Å². The number of para-hydroxylation sites is 1. The van der Waals surface area contributed by atoms with Gasteiger partial charge in [-0.15, -0.1) is 0 Å². The van der Waals surface area contributed by atoms with Crippen molar-refractivity contribution in [3.63, 3.8) is 0 Å². The van der Waals surface area contributed by atoms with Crippen molar-refractivity contribution in [3.05, 3.63) is 65.7 Å². The lowest BCUT2D eigenvalue weighted by atomic mass is 9.87. The molecule has 1 aliphatic carbocycles. The second-order valence-electron chi connectivity index (χ2n) is 5.89. The molecule has 0 radical (unpaired) electrons. The highest BCUT2D eigenvalue weighted by Crippen LogP contribution is 2.29. The monoisotopic (exact) mass is 294 g/mol. The molecule has 0 bridgehead atoms. The van der Waals surface area contributed by atoms with Crippen LogP contribution < -0.4 is 10.6 Å². The fourth-order valence-corrected chi connectivity index (χ4v) is 3.08. The van der Waals surface area contributed by atoms with Crippen LogP contribution in [0.1, 0.15) is 36.9 Å². The number of amides is 1. The van der Waals surface area contributed by atoms with Gasteiger partial charge in [0.05, 0.1) is 6.04 Å². The molecular weight excluding hydrogens is 272 g/mol. The first-order valence-corrected chi connectivity index (χ1v) is 7.94. The number of hydrogen-bond acceptors (Lipinski definition) is 2. The summed E-state index contributed by atoms with van der Waals surface area (Å²) in [4.78, 5) is 12.3. The fraction of sp³-hybridized carbons (Fsp3) is 0.316. The number of hydrogen-bond donors (Lipinski definition) is 2. The van der Waals surface area contributed by atoms with Gasteiger partial charge in [0.25, 0.3) is 0 Å². The quantitative estimate of drug-likeness (QED) is 0.903. The van der Waals surface area contributed by atoms with Crippen LogP contribution in [0.5, 0.6) is 0 Å². The van der Waals surface area contributed by atoms with Gasteiger partial charge < -0.3 is 5.32 Å². The van der Waals surface area contributed by atoms with Gasteiger partial charge in [-0.1, -0.05) is 42.5 Å². The van der Waals surface area contributed by atoms with E-state index in [4.69, 9.17) is 0 Å². The minimum atomic E-state index is -0.226. The standard InChI is InChI=1S/C19H22N2O/c1-14(19(22)21-16-10-3-2-4-11-16)20-18-13-7-9-15-8-5-6-12-17(15)18/h2-6,8,10-12,14,18,20H,7,9,13H2,1H3,(H,21,22)/t14-,18+/m1/s1. The largest absolute Gasteiger partial charge is 0.325 e. The van der Waals surface area contributed by atoms with Crippen LogP contribution >= 0.6 is 0 Å². The van der Waals surface area contributed by atoms with Crippen LogP contribution in [0.3, 0.4) is 0 Å². The van der Waals surface area contributed by atoms with Gasteiger partial charge in [-0.05, 0) is 49.4 Å². The van der Waals surface area contributed by atoms with Gasteiger partial charge in [0.15, 0.2) is 0 Å². The Kier molecular flexibility index (Phi) is 4.54. The number of fused-ring (bicyclic) bond motifs is 1. The Morgan fingerprint density at radius 1 is 1.09 bits per heavy atom. The summed E-state index contributed by atoms with van der Waals surface area (Å²) in [5, 5.41) is 6.44. The van der Waals surface area contributed by atoms with Crippen molar-refractivity contribution in [2.24, 2.45) is 0 Å². The average molecular weight is 294 g/mol. The summed E-state index contributed by atoms with van der Waals surface area (Å²) in [5.41, 5.74) is 3.58. The topological polar surface area (TPSA) is 41.1 Å². The maximum Gasteiger partial charge on any atom is 0.241 e. The Morgan fingerprint density at radius 2 is 1.82 bits per heavy atom. The van der Waals surface area contributed by atoms with Crippen LogP contribution in [0, 0.1) is 0 Å². The Morgan fingerprint density at radius 3 is 2.64 bits per heavy atom. The Hall–Kier alpha value is -2.13. The summed E-state index contributed by atoms with van der Waals surface area (Å²) in [7, 11) is 0. The van der Waals surface area contributed by atoms with Gasteiger partial charge >= 0.3 is 0 Å². The van der Waals surface area contributed by atoms with Crippen LogP contribution in [0.4, 0.5) is 5.69 Å². The van der Waals surface area contributed by atoms with Crippen molar-refractivity contribution in [3.8, 4) is 0 Å². The summed E-state index contributed by atoms with van der Waals surface area (Å²) in [5.74, 6) is 0.00857. The molecule has 3 rings (SSSR count). The van der Waals surface area contributed by atoms with Crippen molar-refractivity contribution in [1.29, 1.82) is 0 Å². The molecule has 2 atom stereocenters. The van der Waals surface area contributed by atoms with Gasteiger partial charge in [0.1, 0.15) is 0 Å². The molecule has 0 unspecified atom stereocenters. The minimum Gasteiger partial charge on any atom is -0.325 e. The van der Waals surface area contributed by atoms with Crippen molar-refractivity contribution in [1.82, 2.24) is 5.32 Å². The number of benzene rings is 2. The average Bonchev–Trinajstić information content (AvgIpc) is 2.56. The van der Waals surface area contributed by atoms with Crippen molar-refractivity contribution < 1.29 is 4.79 Å². The van der Waals surface area contributed by atoms with Gasteiger partial charge in [-0.2, -0.15) is 0 Å². The second kappa shape index (κ2) is 6.75. The van der Waals surface area contributed by atoms with E-state index in [1.807, 2.05) is 37.3 Å². The molecule has 2 N–H and O–H groups in total. The Bertz CT molecular complexity index is 639. The molecular formula is C19H22N2O. The number of carbonyl (C=O) groups excluding carboxylic acids is 1. The summed E-state index contributed by atoms with van der Waals surface area (Å²) >= 11 is 0. The third kappa shape index (κ3) is 3.37. The number of rotatable bonds is 4. The zero-order valence-electron chi connectivity index (χ0n) is 12.9. The fourth-order valence-electron chi connectivity index (χ4n) is 3.08. The lowest BCUT2D eigenvalue weighted by Crippen LogP contribution is -2.41. The van der Waals surface area contributed by atoms with E-state index in [9.17, 15) is 4.79 Å². The molecule has 0 spiro atoms. The van der Waals surface area contributed by atoms with E-state index in [2.05, 4.69) is 34.9 Å². The van der Waals surface area contributed by atoms with Gasteiger partial charge in [0, 0.05) is 11.7 Å². The van der Waals surface area contributed by atoms with Crippen molar-refractivity contribution in [2.45, 2.75) is 38.3 Å². The molecule has 0 fully saturated rings. The molecule has 2 aromatic rings. The predicted molar refractivity (Wildman–Crippen MR) is 89.8 cm³/mol. The molecule has 0 saturated heterocycles. The molecule has 2 aromatic carbocycles. The van der Waals surface area contributed by atoms with Crippen LogP contribution in [0.25, 0.3) is 0 Å². The maximum absolute atomic E-state index is 12.3. The molecule has 114 valence electrons. The molecule has 0 heterocycles. The zero-order chi connectivity index (χ0) is 15.4.